The highest BCUT2D eigenvalue weighted by molar-refractivity contribution is 7.89. The predicted octanol–water partition coefficient (Wildman–Crippen LogP) is 3.26. The lowest BCUT2D eigenvalue weighted by molar-refractivity contribution is -0.129. The molecule has 1 amide bonds. The first-order valence-electron chi connectivity index (χ1n) is 8.90. The molecular formula is C18H23ClN2O3S. The van der Waals surface area contributed by atoms with Gasteiger partial charge in [-0.1, -0.05) is 23.7 Å². The molecule has 7 heteroatoms. The quantitative estimate of drug-likeness (QED) is 0.767. The van der Waals surface area contributed by atoms with Crippen LogP contribution >= 0.6 is 11.6 Å². The summed E-state index contributed by atoms with van der Waals surface area (Å²) in [5.41, 5.74) is 2.47. The molecule has 1 aromatic rings. The maximum Gasteiger partial charge on any atom is 0.258 e. The zero-order chi connectivity index (χ0) is 17.7. The maximum atomic E-state index is 12.4. The Morgan fingerprint density at radius 2 is 1.64 bits per heavy atom. The van der Waals surface area contributed by atoms with E-state index in [1.807, 2.05) is 0 Å². The van der Waals surface area contributed by atoms with Crippen LogP contribution in [-0.4, -0.2) is 14.3 Å². The lowest BCUT2D eigenvalue weighted by atomic mass is 9.49. The van der Waals surface area contributed by atoms with E-state index in [1.165, 1.54) is 31.4 Å². The summed E-state index contributed by atoms with van der Waals surface area (Å²) in [4.78, 5) is 14.6. The zero-order valence-corrected chi connectivity index (χ0v) is 15.6. The molecule has 0 unspecified atom stereocenters. The fourth-order valence-electron chi connectivity index (χ4n) is 5.73. The van der Waals surface area contributed by atoms with E-state index in [4.69, 9.17) is 11.6 Å². The van der Waals surface area contributed by atoms with Gasteiger partial charge in [-0.05, 0) is 73.8 Å². The fourth-order valence-corrected chi connectivity index (χ4v) is 7.11. The summed E-state index contributed by atoms with van der Waals surface area (Å²) in [5.74, 6) is 2.04. The van der Waals surface area contributed by atoms with E-state index in [-0.39, 0.29) is 21.2 Å². The monoisotopic (exact) mass is 382 g/mol. The van der Waals surface area contributed by atoms with E-state index in [0.717, 1.165) is 37.0 Å². The molecular weight excluding hydrogens is 360 g/mol. The molecule has 4 bridgehead atoms. The highest BCUT2D eigenvalue weighted by Crippen LogP contribution is 2.61. The number of hydrogen-bond donors (Lipinski definition) is 2. The second-order valence-corrected chi connectivity index (χ2v) is 10.2. The molecule has 5 nitrogen and oxygen atoms in total. The molecule has 0 atom stereocenters. The van der Waals surface area contributed by atoms with Crippen LogP contribution in [0.15, 0.2) is 29.2 Å². The number of benzene rings is 1. The summed E-state index contributed by atoms with van der Waals surface area (Å²) in [5, 5.41) is 0.130. The first-order valence-corrected chi connectivity index (χ1v) is 10.8. The van der Waals surface area contributed by atoms with Crippen LogP contribution in [0.4, 0.5) is 0 Å². The third-order valence-electron chi connectivity index (χ3n) is 6.15. The van der Waals surface area contributed by atoms with Crippen molar-refractivity contribution in [2.75, 3.05) is 0 Å². The molecule has 0 aliphatic heterocycles. The Bertz CT molecular complexity index is 758. The summed E-state index contributed by atoms with van der Waals surface area (Å²) in [6.07, 6.45) is 7.71. The minimum absolute atomic E-state index is 0.0354. The van der Waals surface area contributed by atoms with Gasteiger partial charge in [-0.3, -0.25) is 10.2 Å². The number of carbonyl (C=O) groups excluding carboxylic acids is 1. The third kappa shape index (κ3) is 3.44. The molecule has 4 saturated carbocycles. The van der Waals surface area contributed by atoms with Crippen LogP contribution < -0.4 is 10.3 Å². The Kier molecular flexibility index (Phi) is 4.33. The van der Waals surface area contributed by atoms with Gasteiger partial charge in [0.1, 0.15) is 4.90 Å². The molecule has 0 heterocycles. The molecule has 0 aromatic heterocycles. The summed E-state index contributed by atoms with van der Waals surface area (Å²) < 4.78 is 24.6. The minimum atomic E-state index is -3.87. The normalized spacial score (nSPS) is 33.4. The van der Waals surface area contributed by atoms with Crippen LogP contribution in [0.3, 0.4) is 0 Å². The van der Waals surface area contributed by atoms with Crippen molar-refractivity contribution in [1.29, 1.82) is 0 Å². The van der Waals surface area contributed by atoms with Crippen LogP contribution in [0.1, 0.15) is 44.9 Å². The summed E-state index contributed by atoms with van der Waals surface area (Å²) in [6.45, 7) is 0. The molecule has 5 rings (SSSR count). The second kappa shape index (κ2) is 6.25. The van der Waals surface area contributed by atoms with Crippen molar-refractivity contribution >= 4 is 27.5 Å². The van der Waals surface area contributed by atoms with E-state index in [2.05, 4.69) is 10.3 Å². The number of hydrogen-bond acceptors (Lipinski definition) is 3. The Morgan fingerprint density at radius 1 is 1.08 bits per heavy atom. The zero-order valence-electron chi connectivity index (χ0n) is 14.0. The van der Waals surface area contributed by atoms with Crippen molar-refractivity contribution in [1.82, 2.24) is 10.3 Å². The lowest BCUT2D eigenvalue weighted by Gasteiger charge is -2.56. The molecule has 4 aliphatic carbocycles. The average Bonchev–Trinajstić information content (AvgIpc) is 2.51. The maximum absolute atomic E-state index is 12.4. The Morgan fingerprint density at radius 3 is 2.20 bits per heavy atom. The van der Waals surface area contributed by atoms with Crippen LogP contribution in [0, 0.1) is 23.2 Å². The van der Waals surface area contributed by atoms with Crippen molar-refractivity contribution in [3.8, 4) is 0 Å². The summed E-state index contributed by atoms with van der Waals surface area (Å²) in [6, 6.07) is 6.17. The summed E-state index contributed by atoms with van der Waals surface area (Å²) in [7, 11) is -3.87. The van der Waals surface area contributed by atoms with Gasteiger partial charge in [0.15, 0.2) is 0 Å². The standard InChI is InChI=1S/C18H23ClN2O3S/c19-15-3-1-2-4-16(15)25(23,24)21-20-17(22)11-18-8-12-5-13(9-18)7-14(6-12)10-18/h1-4,12-14,21H,5-11H2,(H,20,22). The van der Waals surface area contributed by atoms with Gasteiger partial charge in [-0.2, -0.15) is 0 Å². The van der Waals surface area contributed by atoms with E-state index < -0.39 is 10.0 Å². The van der Waals surface area contributed by atoms with Gasteiger partial charge in [-0.15, -0.1) is 4.83 Å². The van der Waals surface area contributed by atoms with Crippen molar-refractivity contribution in [2.45, 2.75) is 49.8 Å². The van der Waals surface area contributed by atoms with Crippen LogP contribution in [-0.2, 0) is 14.8 Å². The smallest absolute Gasteiger partial charge is 0.258 e. The number of nitrogens with one attached hydrogen (secondary N) is 2. The summed E-state index contributed by atoms with van der Waals surface area (Å²) >= 11 is 5.94. The minimum Gasteiger partial charge on any atom is -0.278 e. The molecule has 25 heavy (non-hydrogen) atoms. The molecule has 0 saturated heterocycles. The Labute approximate surface area is 153 Å². The van der Waals surface area contributed by atoms with Gasteiger partial charge in [0.25, 0.3) is 10.0 Å². The molecule has 2 N–H and O–H groups in total. The molecule has 0 radical (unpaired) electrons. The molecule has 0 spiro atoms. The van der Waals surface area contributed by atoms with Crippen molar-refractivity contribution in [3.63, 3.8) is 0 Å². The van der Waals surface area contributed by atoms with E-state index in [0.29, 0.717) is 6.42 Å². The fraction of sp³-hybridized carbons (Fsp3) is 0.611. The first-order chi connectivity index (χ1) is 11.9. The van der Waals surface area contributed by atoms with Crippen molar-refractivity contribution in [3.05, 3.63) is 29.3 Å². The van der Waals surface area contributed by atoms with Gasteiger partial charge in [0, 0.05) is 6.42 Å². The van der Waals surface area contributed by atoms with Crippen molar-refractivity contribution in [2.24, 2.45) is 23.2 Å². The number of amides is 1. The molecule has 1 aromatic carbocycles. The second-order valence-electron chi connectivity index (χ2n) is 8.18. The molecule has 136 valence electrons. The number of rotatable bonds is 5. The van der Waals surface area contributed by atoms with Crippen LogP contribution in [0.2, 0.25) is 5.02 Å². The SMILES string of the molecule is O=C(CC12CC3CC(CC(C3)C1)C2)NNS(=O)(=O)c1ccccc1Cl. The number of carbonyl (C=O) groups is 1. The molecule has 4 fully saturated rings. The van der Waals surface area contributed by atoms with E-state index >= 15 is 0 Å². The van der Waals surface area contributed by atoms with Gasteiger partial charge in [-0.25, -0.2) is 8.42 Å². The van der Waals surface area contributed by atoms with Crippen molar-refractivity contribution < 1.29 is 13.2 Å². The number of hydrazine groups is 1. The largest absolute Gasteiger partial charge is 0.278 e. The van der Waals surface area contributed by atoms with E-state index in [9.17, 15) is 13.2 Å². The number of halogens is 1. The van der Waals surface area contributed by atoms with Crippen LogP contribution in [0.25, 0.3) is 0 Å². The number of sulfonamides is 1. The highest BCUT2D eigenvalue weighted by Gasteiger charge is 2.51. The van der Waals surface area contributed by atoms with Gasteiger partial charge >= 0.3 is 0 Å². The van der Waals surface area contributed by atoms with Gasteiger partial charge in [0.05, 0.1) is 5.02 Å². The van der Waals surface area contributed by atoms with E-state index in [1.54, 1.807) is 12.1 Å². The van der Waals surface area contributed by atoms with Crippen LogP contribution in [0.5, 0.6) is 0 Å². The molecule has 4 aliphatic rings. The Hall–Kier alpha value is -1.11. The predicted molar refractivity (Wildman–Crippen MR) is 95.1 cm³/mol. The van der Waals surface area contributed by atoms with Gasteiger partial charge in [0.2, 0.25) is 5.91 Å². The third-order valence-corrected chi connectivity index (χ3v) is 7.90. The Balaban J connectivity index is 1.39. The first kappa shape index (κ1) is 17.3. The lowest BCUT2D eigenvalue weighted by Crippen LogP contribution is -2.50. The van der Waals surface area contributed by atoms with Gasteiger partial charge < -0.3 is 0 Å². The topological polar surface area (TPSA) is 75.3 Å². The average molecular weight is 383 g/mol. The highest BCUT2D eigenvalue weighted by atomic mass is 35.5.